The van der Waals surface area contributed by atoms with Crippen LogP contribution in [0.4, 0.5) is 0 Å². The largest absolute Gasteiger partial charge is 0.294 e. The molecule has 0 amide bonds. The van der Waals surface area contributed by atoms with Gasteiger partial charge in [-0.15, -0.1) is 23.5 Å². The third-order valence-electron chi connectivity index (χ3n) is 3.52. The van der Waals surface area contributed by atoms with E-state index in [-0.39, 0.29) is 9.86 Å². The molecule has 0 saturated carbocycles. The molecular formula is C16H25NOS2. The van der Waals surface area contributed by atoms with E-state index in [2.05, 4.69) is 19.6 Å². The Morgan fingerprint density at radius 1 is 1.35 bits per heavy atom. The van der Waals surface area contributed by atoms with Gasteiger partial charge in [0, 0.05) is 12.8 Å². The van der Waals surface area contributed by atoms with Crippen LogP contribution in [-0.4, -0.2) is 21.4 Å². The smallest absolute Gasteiger partial charge is 0.160 e. The average molecular weight is 312 g/mol. The van der Waals surface area contributed by atoms with E-state index in [1.54, 1.807) is 0 Å². The van der Waals surface area contributed by atoms with Gasteiger partial charge in [0.2, 0.25) is 0 Å². The summed E-state index contributed by atoms with van der Waals surface area (Å²) in [4.78, 5) is 12.4. The lowest BCUT2D eigenvalue weighted by Crippen LogP contribution is -2.29. The monoisotopic (exact) mass is 311 g/mol. The van der Waals surface area contributed by atoms with Gasteiger partial charge in [-0.3, -0.25) is 4.79 Å². The van der Waals surface area contributed by atoms with Crippen molar-refractivity contribution in [1.29, 1.82) is 5.26 Å². The second-order valence-corrected chi connectivity index (χ2v) is 8.50. The van der Waals surface area contributed by atoms with Crippen molar-refractivity contribution in [2.75, 3.05) is 11.5 Å². The average Bonchev–Trinajstić information content (AvgIpc) is 2.46. The van der Waals surface area contributed by atoms with Crippen LogP contribution in [0.1, 0.15) is 58.3 Å². The van der Waals surface area contributed by atoms with Gasteiger partial charge in [-0.2, -0.15) is 5.26 Å². The molecule has 0 aromatic rings. The van der Waals surface area contributed by atoms with Gasteiger partial charge in [0.05, 0.1) is 10.1 Å². The number of allylic oxidation sites excluding steroid dienone is 1. The zero-order valence-corrected chi connectivity index (χ0v) is 14.1. The Kier molecular flexibility index (Phi) is 8.40. The lowest BCUT2D eigenvalue weighted by atomic mass is 10.0. The number of Topliss-reactive ketones (excluding diaryl/α,β-unsaturated/α-hetero) is 1. The maximum absolute atomic E-state index is 12.4. The summed E-state index contributed by atoms with van der Waals surface area (Å²) < 4.78 is 0.0868. The van der Waals surface area contributed by atoms with Crippen LogP contribution < -0.4 is 0 Å². The van der Waals surface area contributed by atoms with E-state index in [9.17, 15) is 4.79 Å². The van der Waals surface area contributed by atoms with Crippen LogP contribution in [0.5, 0.6) is 0 Å². The molecule has 2 nitrogen and oxygen atoms in total. The maximum atomic E-state index is 12.4. The van der Waals surface area contributed by atoms with E-state index < -0.39 is 0 Å². The maximum Gasteiger partial charge on any atom is 0.160 e. The van der Waals surface area contributed by atoms with E-state index in [1.807, 2.05) is 23.5 Å². The molecule has 1 rings (SSSR count). The van der Waals surface area contributed by atoms with Crippen molar-refractivity contribution in [2.45, 2.75) is 62.4 Å². The molecule has 1 fully saturated rings. The van der Waals surface area contributed by atoms with Gasteiger partial charge in [-0.1, -0.05) is 26.3 Å². The minimum Gasteiger partial charge on any atom is -0.294 e. The summed E-state index contributed by atoms with van der Waals surface area (Å²) in [7, 11) is 0. The summed E-state index contributed by atoms with van der Waals surface area (Å²) in [6.45, 7) is 6.13. The molecule has 0 aromatic carbocycles. The predicted molar refractivity (Wildman–Crippen MR) is 90.0 cm³/mol. The van der Waals surface area contributed by atoms with E-state index >= 15 is 0 Å². The highest BCUT2D eigenvalue weighted by atomic mass is 32.2. The highest BCUT2D eigenvalue weighted by Gasteiger charge is 2.35. The fourth-order valence-corrected chi connectivity index (χ4v) is 5.67. The summed E-state index contributed by atoms with van der Waals surface area (Å²) in [6, 6.07) is 2.12. The molecule has 0 aliphatic carbocycles. The fraction of sp³-hybridized carbons (Fsp3) is 0.750. The Labute approximate surface area is 131 Å². The molecule has 0 bridgehead atoms. The van der Waals surface area contributed by atoms with E-state index in [4.69, 9.17) is 5.26 Å². The number of rotatable bonds is 9. The molecule has 0 aromatic heterocycles. The topological polar surface area (TPSA) is 40.9 Å². The van der Waals surface area contributed by atoms with Crippen molar-refractivity contribution in [3.63, 3.8) is 0 Å². The summed E-state index contributed by atoms with van der Waals surface area (Å²) in [5.41, 5.74) is 0.711. The second-order valence-electron chi connectivity index (χ2n) is 5.28. The minimum atomic E-state index is 0.0868. The Hall–Kier alpha value is -0.400. The summed E-state index contributed by atoms with van der Waals surface area (Å²) in [5.74, 6) is 2.55. The van der Waals surface area contributed by atoms with E-state index in [1.165, 1.54) is 30.8 Å². The van der Waals surface area contributed by atoms with E-state index in [0.29, 0.717) is 24.8 Å². The molecule has 1 aliphatic rings. The molecule has 0 N–H and O–H groups in total. The van der Waals surface area contributed by atoms with Gasteiger partial charge < -0.3 is 0 Å². The third kappa shape index (κ3) is 5.93. The lowest BCUT2D eigenvalue weighted by Gasteiger charge is -2.36. The molecule has 1 saturated heterocycles. The first-order valence-electron chi connectivity index (χ1n) is 7.49. The van der Waals surface area contributed by atoms with Gasteiger partial charge in [0.25, 0.3) is 0 Å². The fourth-order valence-electron chi connectivity index (χ4n) is 2.29. The standard InChI is InChI=1S/C16H25NOS2/c1-3-4-9-16(19-11-7-12-20-16)13-15(18)14(2)8-5-6-10-17/h2-9,11-13H2,1H3. The van der Waals surface area contributed by atoms with Gasteiger partial charge >= 0.3 is 0 Å². The van der Waals surface area contributed by atoms with Crippen LogP contribution in [0.15, 0.2) is 12.2 Å². The van der Waals surface area contributed by atoms with Crippen molar-refractivity contribution < 1.29 is 4.79 Å². The zero-order valence-electron chi connectivity index (χ0n) is 12.5. The summed E-state index contributed by atoms with van der Waals surface area (Å²) >= 11 is 3.95. The minimum absolute atomic E-state index is 0.0868. The zero-order chi connectivity index (χ0) is 14.8. The van der Waals surface area contributed by atoms with Crippen LogP contribution >= 0.6 is 23.5 Å². The molecule has 112 valence electrons. The predicted octanol–water partition coefficient (Wildman–Crippen LogP) is 4.95. The molecule has 1 aliphatic heterocycles. The number of hydrogen-bond acceptors (Lipinski definition) is 4. The molecular weight excluding hydrogens is 286 g/mol. The van der Waals surface area contributed by atoms with Crippen LogP contribution in [0.2, 0.25) is 0 Å². The number of thioether (sulfide) groups is 2. The SMILES string of the molecule is C=C(CCCC#N)C(=O)CC1(CCCC)SCCCS1. The Bertz CT molecular complexity index is 367. The number of carbonyl (C=O) groups excluding carboxylic acids is 1. The first-order chi connectivity index (χ1) is 9.63. The highest BCUT2D eigenvalue weighted by molar-refractivity contribution is 8.18. The quantitative estimate of drug-likeness (QED) is 0.446. The van der Waals surface area contributed by atoms with Crippen LogP contribution in [0, 0.1) is 11.3 Å². The second kappa shape index (κ2) is 9.52. The van der Waals surface area contributed by atoms with Crippen LogP contribution in [0.25, 0.3) is 0 Å². The van der Waals surface area contributed by atoms with E-state index in [0.717, 1.165) is 12.8 Å². The molecule has 20 heavy (non-hydrogen) atoms. The lowest BCUT2D eigenvalue weighted by molar-refractivity contribution is -0.115. The van der Waals surface area contributed by atoms with Crippen molar-refractivity contribution in [2.24, 2.45) is 0 Å². The van der Waals surface area contributed by atoms with Gasteiger partial charge in [0.1, 0.15) is 0 Å². The Morgan fingerprint density at radius 2 is 2.05 bits per heavy atom. The molecule has 4 heteroatoms. The van der Waals surface area contributed by atoms with Gasteiger partial charge in [-0.05, 0) is 42.8 Å². The summed E-state index contributed by atoms with van der Waals surface area (Å²) in [6.07, 6.45) is 7.30. The third-order valence-corrected chi connectivity index (χ3v) is 6.96. The van der Waals surface area contributed by atoms with Crippen molar-refractivity contribution >= 4 is 29.3 Å². The normalized spacial score (nSPS) is 17.4. The molecule has 0 atom stereocenters. The highest BCUT2D eigenvalue weighted by Crippen LogP contribution is 2.48. The Morgan fingerprint density at radius 3 is 2.65 bits per heavy atom. The molecule has 0 radical (unpaired) electrons. The Balaban J connectivity index is 2.53. The summed E-state index contributed by atoms with van der Waals surface area (Å²) in [5, 5.41) is 8.55. The number of unbranched alkanes of at least 4 members (excludes halogenated alkanes) is 2. The van der Waals surface area contributed by atoms with Crippen molar-refractivity contribution in [3.05, 3.63) is 12.2 Å². The first kappa shape index (κ1) is 17.7. The van der Waals surface area contributed by atoms with Gasteiger partial charge in [0.15, 0.2) is 5.78 Å². The number of carbonyl (C=O) groups is 1. The van der Waals surface area contributed by atoms with Gasteiger partial charge in [-0.25, -0.2) is 0 Å². The van der Waals surface area contributed by atoms with Crippen LogP contribution in [-0.2, 0) is 4.79 Å². The number of ketones is 1. The molecule has 1 heterocycles. The number of nitrogens with zero attached hydrogens (tertiary/aromatic N) is 1. The van der Waals surface area contributed by atoms with Crippen molar-refractivity contribution in [3.8, 4) is 6.07 Å². The number of hydrogen-bond donors (Lipinski definition) is 0. The van der Waals surface area contributed by atoms with Crippen molar-refractivity contribution in [1.82, 2.24) is 0 Å². The molecule has 0 unspecified atom stereocenters. The van der Waals surface area contributed by atoms with Crippen LogP contribution in [0.3, 0.4) is 0 Å². The first-order valence-corrected chi connectivity index (χ1v) is 9.46. The number of nitriles is 1. The molecule has 0 spiro atoms.